The number of hydrogen-bond acceptors (Lipinski definition) is 4. The lowest BCUT2D eigenvalue weighted by Crippen LogP contribution is -2.14. The molecule has 0 unspecified atom stereocenters. The van der Waals surface area contributed by atoms with Gasteiger partial charge in [0.25, 0.3) is 0 Å². The largest absolute Gasteiger partial charge is 0.339 e. The maximum Gasteiger partial charge on any atom is 0.250 e. The molecule has 0 aliphatic rings. The molecule has 5 heteroatoms. The maximum absolute atomic E-state index is 11.4. The van der Waals surface area contributed by atoms with Crippen molar-refractivity contribution in [2.24, 2.45) is 7.05 Å². The molecular formula is C16H15N3O2. The van der Waals surface area contributed by atoms with E-state index in [1.165, 1.54) is 16.2 Å². The second kappa shape index (κ2) is 5.36. The van der Waals surface area contributed by atoms with Gasteiger partial charge in [-0.3, -0.25) is 4.79 Å². The fourth-order valence-electron chi connectivity index (χ4n) is 2.17. The Labute approximate surface area is 121 Å². The fourth-order valence-corrected chi connectivity index (χ4v) is 2.17. The molecule has 0 N–H and O–H groups in total. The SMILES string of the molecule is Cc1cccc(Cc2nc(-c3ccc(=O)n(C)c3)no2)c1. The Morgan fingerprint density at radius 2 is 2.10 bits per heavy atom. The zero-order chi connectivity index (χ0) is 14.8. The van der Waals surface area contributed by atoms with E-state index in [2.05, 4.69) is 16.2 Å². The summed E-state index contributed by atoms with van der Waals surface area (Å²) in [5, 5.41) is 3.97. The summed E-state index contributed by atoms with van der Waals surface area (Å²) in [7, 11) is 1.69. The molecule has 2 aromatic heterocycles. The first kappa shape index (κ1) is 13.3. The Kier molecular flexibility index (Phi) is 3.39. The Morgan fingerprint density at radius 3 is 2.86 bits per heavy atom. The van der Waals surface area contributed by atoms with Gasteiger partial charge >= 0.3 is 0 Å². The minimum atomic E-state index is -0.0674. The van der Waals surface area contributed by atoms with Crippen molar-refractivity contribution in [1.82, 2.24) is 14.7 Å². The third-order valence-corrected chi connectivity index (χ3v) is 3.25. The lowest BCUT2D eigenvalue weighted by molar-refractivity contribution is 0.385. The first-order valence-corrected chi connectivity index (χ1v) is 6.67. The van der Waals surface area contributed by atoms with Gasteiger partial charge in [-0.2, -0.15) is 4.98 Å². The van der Waals surface area contributed by atoms with Crippen LogP contribution in [0.5, 0.6) is 0 Å². The number of rotatable bonds is 3. The van der Waals surface area contributed by atoms with Crippen molar-refractivity contribution in [3.63, 3.8) is 0 Å². The van der Waals surface area contributed by atoms with Crippen molar-refractivity contribution in [2.45, 2.75) is 13.3 Å². The third kappa shape index (κ3) is 2.91. The van der Waals surface area contributed by atoms with Gasteiger partial charge in [-0.15, -0.1) is 0 Å². The van der Waals surface area contributed by atoms with Crippen LogP contribution in [0.1, 0.15) is 17.0 Å². The van der Waals surface area contributed by atoms with Gasteiger partial charge in [-0.1, -0.05) is 35.0 Å². The van der Waals surface area contributed by atoms with Gasteiger partial charge in [0, 0.05) is 24.9 Å². The average Bonchev–Trinajstić information content (AvgIpc) is 2.90. The van der Waals surface area contributed by atoms with E-state index >= 15 is 0 Å². The summed E-state index contributed by atoms with van der Waals surface area (Å²) in [4.78, 5) is 15.8. The first-order chi connectivity index (χ1) is 10.1. The lowest BCUT2D eigenvalue weighted by Gasteiger charge is -1.98. The number of nitrogens with zero attached hydrogens (tertiary/aromatic N) is 3. The molecule has 0 amide bonds. The third-order valence-electron chi connectivity index (χ3n) is 3.25. The van der Waals surface area contributed by atoms with Crippen molar-refractivity contribution >= 4 is 0 Å². The van der Waals surface area contributed by atoms with E-state index in [9.17, 15) is 4.79 Å². The quantitative estimate of drug-likeness (QED) is 0.739. The van der Waals surface area contributed by atoms with E-state index < -0.39 is 0 Å². The maximum atomic E-state index is 11.4. The molecule has 2 heterocycles. The van der Waals surface area contributed by atoms with E-state index in [1.807, 2.05) is 25.1 Å². The molecule has 0 atom stereocenters. The topological polar surface area (TPSA) is 60.9 Å². The minimum Gasteiger partial charge on any atom is -0.339 e. The van der Waals surface area contributed by atoms with Crippen LogP contribution < -0.4 is 5.56 Å². The summed E-state index contributed by atoms with van der Waals surface area (Å²) >= 11 is 0. The molecule has 3 rings (SSSR count). The summed E-state index contributed by atoms with van der Waals surface area (Å²) < 4.78 is 6.78. The second-order valence-electron chi connectivity index (χ2n) is 5.04. The van der Waals surface area contributed by atoms with Crippen molar-refractivity contribution in [3.05, 3.63) is 70.0 Å². The van der Waals surface area contributed by atoms with E-state index in [1.54, 1.807) is 19.3 Å². The molecule has 5 nitrogen and oxygen atoms in total. The van der Waals surface area contributed by atoms with E-state index in [0.717, 1.165) is 11.1 Å². The molecule has 21 heavy (non-hydrogen) atoms. The van der Waals surface area contributed by atoms with Crippen molar-refractivity contribution in [2.75, 3.05) is 0 Å². The van der Waals surface area contributed by atoms with E-state index in [0.29, 0.717) is 18.1 Å². The Bertz CT molecular complexity index is 833. The van der Waals surface area contributed by atoms with Gasteiger partial charge < -0.3 is 9.09 Å². The number of benzene rings is 1. The van der Waals surface area contributed by atoms with Gasteiger partial charge in [0.1, 0.15) is 0 Å². The highest BCUT2D eigenvalue weighted by Gasteiger charge is 2.10. The van der Waals surface area contributed by atoms with Gasteiger partial charge in [0.05, 0.1) is 6.42 Å². The molecule has 0 spiro atoms. The summed E-state index contributed by atoms with van der Waals surface area (Å²) in [6.45, 7) is 2.05. The van der Waals surface area contributed by atoms with Gasteiger partial charge in [0.2, 0.25) is 17.3 Å². The predicted octanol–water partition coefficient (Wildman–Crippen LogP) is 2.33. The number of hydrogen-bond donors (Lipinski definition) is 0. The summed E-state index contributed by atoms with van der Waals surface area (Å²) in [5.74, 6) is 1.05. The van der Waals surface area contributed by atoms with Gasteiger partial charge in [-0.25, -0.2) is 0 Å². The number of pyridine rings is 1. The molecule has 0 radical (unpaired) electrons. The van der Waals surface area contributed by atoms with Crippen LogP contribution in [-0.2, 0) is 13.5 Å². The first-order valence-electron chi connectivity index (χ1n) is 6.67. The predicted molar refractivity (Wildman–Crippen MR) is 79.0 cm³/mol. The van der Waals surface area contributed by atoms with Crippen molar-refractivity contribution < 1.29 is 4.52 Å². The Balaban J connectivity index is 1.86. The zero-order valence-electron chi connectivity index (χ0n) is 11.9. The fraction of sp³-hybridized carbons (Fsp3) is 0.188. The number of aryl methyl sites for hydroxylation is 2. The van der Waals surface area contributed by atoms with Crippen LogP contribution >= 0.6 is 0 Å². The van der Waals surface area contributed by atoms with Crippen LogP contribution in [-0.4, -0.2) is 14.7 Å². The molecule has 0 saturated heterocycles. The second-order valence-corrected chi connectivity index (χ2v) is 5.04. The molecule has 1 aromatic carbocycles. The van der Waals surface area contributed by atoms with Crippen molar-refractivity contribution in [3.8, 4) is 11.4 Å². The van der Waals surface area contributed by atoms with E-state index in [-0.39, 0.29) is 5.56 Å². The van der Waals surface area contributed by atoms with Crippen LogP contribution in [0.4, 0.5) is 0 Å². The van der Waals surface area contributed by atoms with Gasteiger partial charge in [0.15, 0.2) is 0 Å². The standard InChI is InChI=1S/C16H15N3O2/c1-11-4-3-5-12(8-11)9-14-17-16(18-21-14)13-6-7-15(20)19(2)10-13/h3-8,10H,9H2,1-2H3. The summed E-state index contributed by atoms with van der Waals surface area (Å²) in [6, 6.07) is 11.4. The van der Waals surface area contributed by atoms with Crippen LogP contribution in [0.15, 0.2) is 51.9 Å². The van der Waals surface area contributed by atoms with Crippen LogP contribution in [0.3, 0.4) is 0 Å². The molecule has 0 aliphatic heterocycles. The molecule has 0 bridgehead atoms. The zero-order valence-corrected chi connectivity index (χ0v) is 11.9. The van der Waals surface area contributed by atoms with Crippen LogP contribution in [0, 0.1) is 6.92 Å². The normalized spacial score (nSPS) is 10.8. The molecule has 0 aliphatic carbocycles. The molecular weight excluding hydrogens is 266 g/mol. The van der Waals surface area contributed by atoms with Crippen LogP contribution in [0.2, 0.25) is 0 Å². The number of aromatic nitrogens is 3. The average molecular weight is 281 g/mol. The van der Waals surface area contributed by atoms with Crippen molar-refractivity contribution in [1.29, 1.82) is 0 Å². The molecule has 0 saturated carbocycles. The smallest absolute Gasteiger partial charge is 0.250 e. The minimum absolute atomic E-state index is 0.0674. The molecule has 3 aromatic rings. The summed E-state index contributed by atoms with van der Waals surface area (Å²) in [5.41, 5.74) is 3.02. The van der Waals surface area contributed by atoms with E-state index in [4.69, 9.17) is 4.52 Å². The Morgan fingerprint density at radius 1 is 1.24 bits per heavy atom. The monoisotopic (exact) mass is 281 g/mol. The highest BCUT2D eigenvalue weighted by Crippen LogP contribution is 2.16. The highest BCUT2D eigenvalue weighted by atomic mass is 16.5. The summed E-state index contributed by atoms with van der Waals surface area (Å²) in [6.07, 6.45) is 2.30. The van der Waals surface area contributed by atoms with Crippen LogP contribution in [0.25, 0.3) is 11.4 Å². The van der Waals surface area contributed by atoms with Gasteiger partial charge in [-0.05, 0) is 18.6 Å². The Hall–Kier alpha value is -2.69. The molecule has 106 valence electrons. The molecule has 0 fully saturated rings. The lowest BCUT2D eigenvalue weighted by atomic mass is 10.1. The highest BCUT2D eigenvalue weighted by molar-refractivity contribution is 5.52.